The van der Waals surface area contributed by atoms with Gasteiger partial charge in [0.25, 0.3) is 0 Å². The summed E-state index contributed by atoms with van der Waals surface area (Å²) in [6.07, 6.45) is 0. The Morgan fingerprint density at radius 3 is 1.01 bits per heavy atom. The molecule has 0 aromatic heterocycles. The third-order valence-corrected chi connectivity index (χ3v) is 16.4. The van der Waals surface area contributed by atoms with E-state index in [0.29, 0.717) is 0 Å². The third kappa shape index (κ3) is 5.78. The van der Waals surface area contributed by atoms with Crippen molar-refractivity contribution in [2.75, 3.05) is 9.80 Å². The molecule has 0 N–H and O–H groups in total. The van der Waals surface area contributed by atoms with Gasteiger partial charge in [-0.1, -0.05) is 158 Å². The Morgan fingerprint density at radius 2 is 0.627 bits per heavy atom. The van der Waals surface area contributed by atoms with Crippen LogP contribution >= 0.6 is 0 Å². The van der Waals surface area contributed by atoms with Crippen molar-refractivity contribution in [3.8, 4) is 44.5 Å². The topological polar surface area (TPSA) is 31.2 Å². The van der Waals surface area contributed by atoms with Gasteiger partial charge in [-0.25, -0.2) is 0 Å². The molecule has 0 bridgehead atoms. The van der Waals surface area contributed by atoms with E-state index in [9.17, 15) is 0 Å². The van der Waals surface area contributed by atoms with Crippen molar-refractivity contribution in [1.29, 1.82) is 0 Å². The minimum Gasteiger partial charge on any atom is -0.318 e. The SMILES string of the molecule is CC1(C)N=C(c2ccccc2)N(c2ccc(-c3ccc4c(c3)C3(c5ccccc5-c5ccccc53)c3cc(-c5ccc(N6C(c7ccccc7)=NC(C)(C)C6(C)C)cc5)ccc3-4)cc2)C1(C)C. The number of rotatable bonds is 6. The first-order valence-electron chi connectivity index (χ1n) is 23.8. The first-order chi connectivity index (χ1) is 32.2. The van der Waals surface area contributed by atoms with Crippen LogP contribution in [0.15, 0.2) is 204 Å². The van der Waals surface area contributed by atoms with Crippen LogP contribution in [0.25, 0.3) is 44.5 Å². The Kier molecular flexibility index (Phi) is 8.81. The standard InChI is InChI=1S/C63H56N4/c1-59(2)61(5,6)66(57(64-59)43-19-11-9-12-20-43)47-33-27-41(28-34-47)45-31-37-51-52-38-32-46(40-56(52)63(55(51)39-45)53-25-17-15-23-49(53)50-24-16-18-26-54(50)63)42-29-35-48(36-30-42)67-58(44-21-13-10-14-22-44)65-60(3,4)62(67,7)8/h9-40H,1-8H3. The fourth-order valence-corrected chi connectivity index (χ4v) is 11.5. The molecule has 0 unspecified atom stereocenters. The van der Waals surface area contributed by atoms with E-state index in [0.717, 1.165) is 34.2 Å². The molecule has 67 heavy (non-hydrogen) atoms. The van der Waals surface area contributed by atoms with Crippen LogP contribution in [0.2, 0.25) is 0 Å². The smallest absolute Gasteiger partial charge is 0.136 e. The van der Waals surface area contributed by atoms with Crippen molar-refractivity contribution in [1.82, 2.24) is 0 Å². The van der Waals surface area contributed by atoms with Gasteiger partial charge in [-0.2, -0.15) is 0 Å². The quantitative estimate of drug-likeness (QED) is 0.167. The van der Waals surface area contributed by atoms with Crippen molar-refractivity contribution in [3.63, 3.8) is 0 Å². The van der Waals surface area contributed by atoms with Crippen LogP contribution in [0.4, 0.5) is 11.4 Å². The number of anilines is 2. The molecule has 1 spiro atoms. The van der Waals surface area contributed by atoms with Crippen molar-refractivity contribution in [2.24, 2.45) is 9.98 Å². The fourth-order valence-electron chi connectivity index (χ4n) is 11.5. The average molecular weight is 869 g/mol. The monoisotopic (exact) mass is 868 g/mol. The highest BCUT2D eigenvalue weighted by atomic mass is 15.3. The van der Waals surface area contributed by atoms with Gasteiger partial charge in [0.2, 0.25) is 0 Å². The molecule has 8 aromatic rings. The van der Waals surface area contributed by atoms with Gasteiger partial charge in [0.05, 0.1) is 27.6 Å². The summed E-state index contributed by atoms with van der Waals surface area (Å²) < 4.78 is 0. The van der Waals surface area contributed by atoms with Gasteiger partial charge in [0, 0.05) is 22.5 Å². The maximum atomic E-state index is 5.32. The molecule has 4 nitrogen and oxygen atoms in total. The van der Waals surface area contributed by atoms with E-state index in [2.05, 4.69) is 259 Å². The summed E-state index contributed by atoms with van der Waals surface area (Å²) in [5.74, 6) is 2.03. The molecule has 0 saturated heterocycles. The number of hydrogen-bond acceptors (Lipinski definition) is 4. The molecular formula is C63H56N4. The zero-order valence-corrected chi connectivity index (χ0v) is 39.8. The van der Waals surface area contributed by atoms with Gasteiger partial charge in [-0.05, 0) is 159 Å². The average Bonchev–Trinajstić information content (AvgIpc) is 3.94. The highest BCUT2D eigenvalue weighted by Crippen LogP contribution is 2.63. The molecule has 0 saturated carbocycles. The predicted octanol–water partition coefficient (Wildman–Crippen LogP) is 15.0. The van der Waals surface area contributed by atoms with E-state index in [1.54, 1.807) is 0 Å². The van der Waals surface area contributed by atoms with Gasteiger partial charge in [0.1, 0.15) is 11.7 Å². The molecule has 0 radical (unpaired) electrons. The highest BCUT2D eigenvalue weighted by Gasteiger charge is 2.53. The molecule has 4 aliphatic rings. The summed E-state index contributed by atoms with van der Waals surface area (Å²) >= 11 is 0. The molecule has 2 aliphatic heterocycles. The van der Waals surface area contributed by atoms with Crippen molar-refractivity contribution in [2.45, 2.75) is 83.0 Å². The van der Waals surface area contributed by atoms with Gasteiger partial charge in [0.15, 0.2) is 0 Å². The van der Waals surface area contributed by atoms with Crippen LogP contribution in [0, 0.1) is 0 Å². The number of aliphatic imine (C=N–C) groups is 2. The zero-order chi connectivity index (χ0) is 46.1. The van der Waals surface area contributed by atoms with E-state index >= 15 is 0 Å². The largest absolute Gasteiger partial charge is 0.318 e. The Hall–Kier alpha value is -7.30. The molecular weight excluding hydrogens is 813 g/mol. The Morgan fingerprint density at radius 1 is 0.299 bits per heavy atom. The molecule has 2 aliphatic carbocycles. The van der Waals surface area contributed by atoms with E-state index in [1.165, 1.54) is 66.8 Å². The first kappa shape index (κ1) is 41.2. The molecule has 0 amide bonds. The maximum Gasteiger partial charge on any atom is 0.136 e. The van der Waals surface area contributed by atoms with Crippen LogP contribution in [0.1, 0.15) is 88.8 Å². The third-order valence-electron chi connectivity index (χ3n) is 16.4. The lowest BCUT2D eigenvalue weighted by Crippen LogP contribution is -2.53. The summed E-state index contributed by atoms with van der Waals surface area (Å²) in [6, 6.07) is 72.1. The number of fused-ring (bicyclic) bond motifs is 10. The number of amidine groups is 2. The number of hydrogen-bond donors (Lipinski definition) is 0. The first-order valence-corrected chi connectivity index (χ1v) is 23.8. The lowest BCUT2D eigenvalue weighted by molar-refractivity contribution is 0.338. The molecule has 328 valence electrons. The highest BCUT2D eigenvalue weighted by molar-refractivity contribution is 6.14. The van der Waals surface area contributed by atoms with Gasteiger partial charge < -0.3 is 9.80 Å². The normalized spacial score (nSPS) is 18.3. The van der Waals surface area contributed by atoms with Crippen molar-refractivity contribution in [3.05, 3.63) is 228 Å². The predicted molar refractivity (Wildman–Crippen MR) is 281 cm³/mol. The van der Waals surface area contributed by atoms with Crippen molar-refractivity contribution < 1.29 is 0 Å². The summed E-state index contributed by atoms with van der Waals surface area (Å²) in [7, 11) is 0. The van der Waals surface area contributed by atoms with Gasteiger partial charge >= 0.3 is 0 Å². The van der Waals surface area contributed by atoms with E-state index in [1.807, 2.05) is 0 Å². The molecule has 2 heterocycles. The lowest BCUT2D eigenvalue weighted by Gasteiger charge is -2.41. The molecule has 0 atom stereocenters. The lowest BCUT2D eigenvalue weighted by atomic mass is 9.70. The Labute approximate surface area is 396 Å². The second kappa shape index (κ2) is 14.3. The molecule has 0 fully saturated rings. The van der Waals surface area contributed by atoms with Crippen LogP contribution in [0.3, 0.4) is 0 Å². The zero-order valence-electron chi connectivity index (χ0n) is 39.8. The second-order valence-corrected chi connectivity index (χ2v) is 21.0. The Balaban J connectivity index is 0.959. The van der Waals surface area contributed by atoms with Gasteiger partial charge in [-0.3, -0.25) is 9.98 Å². The minimum absolute atomic E-state index is 0.238. The Bertz CT molecular complexity index is 3110. The minimum atomic E-state index is -0.484. The van der Waals surface area contributed by atoms with Crippen LogP contribution in [-0.4, -0.2) is 33.8 Å². The second-order valence-electron chi connectivity index (χ2n) is 21.0. The molecule has 12 rings (SSSR count). The van der Waals surface area contributed by atoms with Crippen LogP contribution < -0.4 is 9.80 Å². The van der Waals surface area contributed by atoms with Gasteiger partial charge in [-0.15, -0.1) is 0 Å². The summed E-state index contributed by atoms with van der Waals surface area (Å²) in [4.78, 5) is 15.5. The maximum absolute atomic E-state index is 5.32. The van der Waals surface area contributed by atoms with E-state index in [-0.39, 0.29) is 22.2 Å². The molecule has 8 aromatic carbocycles. The number of nitrogens with zero attached hydrogens (tertiary/aromatic N) is 4. The van der Waals surface area contributed by atoms with E-state index in [4.69, 9.17) is 9.98 Å². The summed E-state index contributed by atoms with van der Waals surface area (Å²) in [5.41, 5.74) is 18.4. The van der Waals surface area contributed by atoms with Crippen molar-refractivity contribution >= 4 is 23.0 Å². The summed E-state index contributed by atoms with van der Waals surface area (Å²) in [6.45, 7) is 18.2. The number of benzene rings is 8. The summed E-state index contributed by atoms with van der Waals surface area (Å²) in [5, 5.41) is 0. The van der Waals surface area contributed by atoms with E-state index < -0.39 is 5.41 Å². The van der Waals surface area contributed by atoms with Crippen LogP contribution in [-0.2, 0) is 5.41 Å². The van der Waals surface area contributed by atoms with Crippen LogP contribution in [0.5, 0.6) is 0 Å². The fraction of sp³-hybridized carbons (Fsp3) is 0.206. The molecule has 4 heteroatoms.